The van der Waals surface area contributed by atoms with Crippen molar-refractivity contribution in [2.45, 2.75) is 13.8 Å². The molecule has 2 N–H and O–H groups in total. The maximum Gasteiger partial charge on any atom is 0.243 e. The van der Waals surface area contributed by atoms with Crippen molar-refractivity contribution in [1.82, 2.24) is 25.3 Å². The van der Waals surface area contributed by atoms with Gasteiger partial charge in [0.2, 0.25) is 11.6 Å². The first-order chi connectivity index (χ1) is 14.1. The summed E-state index contributed by atoms with van der Waals surface area (Å²) in [5.41, 5.74) is 13.0. The Balaban J connectivity index is 1.56. The van der Waals surface area contributed by atoms with E-state index in [2.05, 4.69) is 59.7 Å². The van der Waals surface area contributed by atoms with E-state index in [-0.39, 0.29) is 5.82 Å². The molecular weight excluding hydrogens is 368 g/mol. The Labute approximate surface area is 165 Å². The molecule has 1 aliphatic carbocycles. The fourth-order valence-corrected chi connectivity index (χ4v) is 3.48. The first-order valence-corrected chi connectivity index (χ1v) is 8.97. The number of nitrogen functional groups attached to an aromatic ring is 1. The zero-order valence-corrected chi connectivity index (χ0v) is 15.7. The molecule has 2 aromatic carbocycles. The molecule has 0 saturated carbocycles. The summed E-state index contributed by atoms with van der Waals surface area (Å²) in [5, 5.41) is 24.6. The van der Waals surface area contributed by atoms with Crippen LogP contribution in [0.5, 0.6) is 0 Å². The molecule has 9 heteroatoms. The van der Waals surface area contributed by atoms with E-state index in [1.165, 1.54) is 4.68 Å². The number of anilines is 1. The molecular formula is C20H16N8O. The van der Waals surface area contributed by atoms with Crippen molar-refractivity contribution in [3.8, 4) is 16.9 Å². The van der Waals surface area contributed by atoms with Gasteiger partial charge in [-0.15, -0.1) is 10.2 Å². The van der Waals surface area contributed by atoms with Crippen molar-refractivity contribution >= 4 is 17.2 Å². The van der Waals surface area contributed by atoms with Crippen molar-refractivity contribution < 1.29 is 4.63 Å². The van der Waals surface area contributed by atoms with Crippen LogP contribution in [0.1, 0.15) is 29.4 Å². The van der Waals surface area contributed by atoms with E-state index in [0.29, 0.717) is 22.9 Å². The van der Waals surface area contributed by atoms with Gasteiger partial charge in [0.15, 0.2) is 0 Å². The van der Waals surface area contributed by atoms with Gasteiger partial charge in [0.05, 0.1) is 11.4 Å². The van der Waals surface area contributed by atoms with Gasteiger partial charge in [-0.1, -0.05) is 53.7 Å². The van der Waals surface area contributed by atoms with Gasteiger partial charge in [-0.2, -0.15) is 9.78 Å². The average Bonchev–Trinajstić information content (AvgIpc) is 3.42. The Hall–Kier alpha value is -4.14. The van der Waals surface area contributed by atoms with Crippen LogP contribution in [0.15, 0.2) is 63.4 Å². The minimum atomic E-state index is 0.138. The predicted molar refractivity (Wildman–Crippen MR) is 108 cm³/mol. The molecule has 0 amide bonds. The van der Waals surface area contributed by atoms with Crippen molar-refractivity contribution in [3.05, 3.63) is 71.0 Å². The van der Waals surface area contributed by atoms with Gasteiger partial charge in [0, 0.05) is 11.1 Å². The van der Waals surface area contributed by atoms with Crippen LogP contribution in [0.25, 0.3) is 16.9 Å². The summed E-state index contributed by atoms with van der Waals surface area (Å²) in [6.45, 7) is 3.68. The molecule has 0 spiro atoms. The van der Waals surface area contributed by atoms with Gasteiger partial charge in [0.25, 0.3) is 0 Å². The molecule has 2 heterocycles. The largest absolute Gasteiger partial charge is 0.378 e. The van der Waals surface area contributed by atoms with Crippen molar-refractivity contribution in [2.75, 3.05) is 5.73 Å². The van der Waals surface area contributed by atoms with Gasteiger partial charge in [-0.3, -0.25) is 0 Å². The number of nitrogens with two attached hydrogens (primary N) is 1. The van der Waals surface area contributed by atoms with Crippen LogP contribution in [0, 0.1) is 6.92 Å². The fraction of sp³-hybridized carbons (Fsp3) is 0.100. The second-order valence-electron chi connectivity index (χ2n) is 6.63. The highest BCUT2D eigenvalue weighted by molar-refractivity contribution is 6.24. The lowest BCUT2D eigenvalue weighted by Gasteiger charge is -2.00. The van der Waals surface area contributed by atoms with Gasteiger partial charge in [-0.25, -0.2) is 4.63 Å². The van der Waals surface area contributed by atoms with Gasteiger partial charge in [0.1, 0.15) is 11.4 Å². The number of nitrogens with zero attached hydrogens (tertiary/aromatic N) is 7. The normalized spacial score (nSPS) is 12.8. The van der Waals surface area contributed by atoms with E-state index in [4.69, 9.17) is 5.73 Å². The summed E-state index contributed by atoms with van der Waals surface area (Å²) in [6, 6.07) is 16.4. The highest BCUT2D eigenvalue weighted by atomic mass is 16.6. The monoisotopic (exact) mass is 384 g/mol. The molecule has 0 saturated heterocycles. The first-order valence-electron chi connectivity index (χ1n) is 8.97. The summed E-state index contributed by atoms with van der Waals surface area (Å²) in [5.74, 6) is 0.428. The van der Waals surface area contributed by atoms with E-state index < -0.39 is 0 Å². The summed E-state index contributed by atoms with van der Waals surface area (Å²) in [4.78, 5) is 0. The Kier molecular flexibility index (Phi) is 3.80. The topological polar surface area (TPSA) is 120 Å². The molecule has 0 radical (unpaired) electrons. The zero-order valence-electron chi connectivity index (χ0n) is 15.7. The van der Waals surface area contributed by atoms with E-state index in [9.17, 15) is 0 Å². The molecule has 142 valence electrons. The number of hydrogen-bond donors (Lipinski definition) is 1. The van der Waals surface area contributed by atoms with Gasteiger partial charge in [-0.05, 0) is 35.3 Å². The molecule has 0 fully saturated rings. The fourth-order valence-electron chi connectivity index (χ4n) is 3.48. The van der Waals surface area contributed by atoms with Crippen LogP contribution in [-0.2, 0) is 0 Å². The van der Waals surface area contributed by atoms with Crippen LogP contribution in [0.3, 0.4) is 0 Å². The second kappa shape index (κ2) is 6.48. The molecule has 2 aromatic heterocycles. The lowest BCUT2D eigenvalue weighted by molar-refractivity contribution is 0.306. The third-order valence-electron chi connectivity index (χ3n) is 4.89. The van der Waals surface area contributed by atoms with E-state index >= 15 is 0 Å². The zero-order chi connectivity index (χ0) is 20.0. The third-order valence-corrected chi connectivity index (χ3v) is 4.89. The van der Waals surface area contributed by atoms with Crippen molar-refractivity contribution in [2.24, 2.45) is 10.2 Å². The Morgan fingerprint density at radius 3 is 2.17 bits per heavy atom. The van der Waals surface area contributed by atoms with Crippen LogP contribution >= 0.6 is 0 Å². The number of hydrogen-bond acceptors (Lipinski definition) is 8. The quantitative estimate of drug-likeness (QED) is 0.377. The van der Waals surface area contributed by atoms with Crippen LogP contribution in [0.2, 0.25) is 0 Å². The van der Waals surface area contributed by atoms with Crippen molar-refractivity contribution in [3.63, 3.8) is 0 Å². The molecule has 0 unspecified atom stereocenters. The van der Waals surface area contributed by atoms with Gasteiger partial charge < -0.3 is 5.73 Å². The highest BCUT2D eigenvalue weighted by Crippen LogP contribution is 2.36. The smallest absolute Gasteiger partial charge is 0.243 e. The number of benzene rings is 2. The minimum absolute atomic E-state index is 0.138. The van der Waals surface area contributed by atoms with Crippen molar-refractivity contribution in [1.29, 1.82) is 0 Å². The maximum atomic E-state index is 5.75. The molecule has 5 rings (SSSR count). The highest BCUT2D eigenvalue weighted by Gasteiger charge is 2.24. The predicted octanol–water partition coefficient (Wildman–Crippen LogP) is 2.78. The van der Waals surface area contributed by atoms with Gasteiger partial charge >= 0.3 is 0 Å². The summed E-state index contributed by atoms with van der Waals surface area (Å²) in [7, 11) is 0. The molecule has 0 bridgehead atoms. The lowest BCUT2D eigenvalue weighted by atomic mass is 10.1. The molecule has 0 aliphatic heterocycles. The molecule has 9 nitrogen and oxygen atoms in total. The summed E-state index contributed by atoms with van der Waals surface area (Å²) >= 11 is 0. The molecule has 4 aromatic rings. The average molecular weight is 384 g/mol. The number of fused-ring (bicyclic) bond motifs is 3. The third kappa shape index (κ3) is 2.63. The molecule has 1 aliphatic rings. The first kappa shape index (κ1) is 17.0. The molecule has 29 heavy (non-hydrogen) atoms. The lowest BCUT2D eigenvalue weighted by Crippen LogP contribution is -2.05. The number of aromatic nitrogens is 5. The minimum Gasteiger partial charge on any atom is -0.378 e. The Morgan fingerprint density at radius 1 is 0.966 bits per heavy atom. The van der Waals surface area contributed by atoms with E-state index in [0.717, 1.165) is 28.0 Å². The number of rotatable bonds is 3. The SMILES string of the molecule is C/C(=N/N=C1c2ccccc2-c2ccccc21)c1nnn(-c2nonc2N)c1C. The molecule has 0 atom stereocenters. The Bertz CT molecular complexity index is 1250. The van der Waals surface area contributed by atoms with E-state index in [1.54, 1.807) is 0 Å². The standard InChI is InChI=1S/C20H16N8O/c1-11(17-12(2)28(27-24-17)20-19(21)25-29-26-20)22-23-18-15-9-5-3-7-13(15)14-8-4-6-10-16(14)18/h3-10H,1-2H3,(H2,21,25)/b22-11-. The maximum absolute atomic E-state index is 5.75. The summed E-state index contributed by atoms with van der Waals surface area (Å²) in [6.07, 6.45) is 0. The Morgan fingerprint density at radius 2 is 1.59 bits per heavy atom. The summed E-state index contributed by atoms with van der Waals surface area (Å²) < 4.78 is 6.11. The van der Waals surface area contributed by atoms with E-state index in [1.807, 2.05) is 38.1 Å². The van der Waals surface area contributed by atoms with Crippen LogP contribution in [0.4, 0.5) is 5.82 Å². The second-order valence-corrected chi connectivity index (χ2v) is 6.63. The van der Waals surface area contributed by atoms with Crippen LogP contribution < -0.4 is 5.73 Å². The van der Waals surface area contributed by atoms with Crippen LogP contribution in [-0.4, -0.2) is 36.7 Å².